The minimum Gasteiger partial charge on any atom is -0.461 e. The van der Waals surface area contributed by atoms with Crippen LogP contribution in [0.15, 0.2) is 12.3 Å². The van der Waals surface area contributed by atoms with Gasteiger partial charge in [0.1, 0.15) is 5.69 Å². The zero-order valence-electron chi connectivity index (χ0n) is 12.2. The Morgan fingerprint density at radius 3 is 2.55 bits per heavy atom. The number of ether oxygens (including phenoxy) is 1. The van der Waals surface area contributed by atoms with Crippen LogP contribution in [0.3, 0.4) is 0 Å². The van der Waals surface area contributed by atoms with Crippen molar-refractivity contribution in [1.82, 2.24) is 4.57 Å². The van der Waals surface area contributed by atoms with Crippen LogP contribution in [0.4, 0.5) is 5.69 Å². The van der Waals surface area contributed by atoms with Crippen LogP contribution in [0.25, 0.3) is 0 Å². The zero-order valence-corrected chi connectivity index (χ0v) is 13.0. The number of aromatic nitrogens is 1. The van der Waals surface area contributed by atoms with E-state index in [-0.39, 0.29) is 24.2 Å². The number of halogens is 1. The van der Waals surface area contributed by atoms with Gasteiger partial charge in [0.15, 0.2) is 0 Å². The summed E-state index contributed by atoms with van der Waals surface area (Å²) in [6, 6.07) is 0.995. The molecule has 1 atom stereocenters. The van der Waals surface area contributed by atoms with Crippen molar-refractivity contribution in [2.45, 2.75) is 26.8 Å². The molecule has 1 amide bonds. The molecule has 1 rings (SSSR count). The number of carbonyl (C=O) groups excluding carboxylic acids is 2. The topological polar surface area (TPSA) is 86.3 Å². The molecule has 6 nitrogen and oxygen atoms in total. The van der Waals surface area contributed by atoms with E-state index in [0.717, 1.165) is 0 Å². The Kier molecular flexibility index (Phi) is 7.31. The van der Waals surface area contributed by atoms with Crippen LogP contribution in [0, 0.1) is 5.92 Å². The summed E-state index contributed by atoms with van der Waals surface area (Å²) < 4.78 is 6.52. The molecule has 0 unspecified atom stereocenters. The molecule has 1 aromatic heterocycles. The quantitative estimate of drug-likeness (QED) is 0.808. The summed E-state index contributed by atoms with van der Waals surface area (Å²) in [6.45, 7) is 5.80. The van der Waals surface area contributed by atoms with Gasteiger partial charge in [0, 0.05) is 13.2 Å². The highest BCUT2D eigenvalue weighted by atomic mass is 35.5. The van der Waals surface area contributed by atoms with E-state index in [4.69, 9.17) is 10.5 Å². The lowest BCUT2D eigenvalue weighted by Gasteiger charge is -2.14. The Morgan fingerprint density at radius 1 is 1.45 bits per heavy atom. The summed E-state index contributed by atoms with van der Waals surface area (Å²) in [4.78, 5) is 23.4. The van der Waals surface area contributed by atoms with Gasteiger partial charge in [-0.25, -0.2) is 4.79 Å². The molecule has 1 heterocycles. The van der Waals surface area contributed by atoms with Crippen LogP contribution in [0.1, 0.15) is 31.3 Å². The van der Waals surface area contributed by atoms with Crippen LogP contribution < -0.4 is 11.1 Å². The molecule has 1 aromatic rings. The lowest BCUT2D eigenvalue weighted by atomic mass is 10.1. The Bertz CT molecular complexity index is 471. The van der Waals surface area contributed by atoms with Crippen molar-refractivity contribution >= 4 is 30.0 Å². The van der Waals surface area contributed by atoms with Gasteiger partial charge in [-0.2, -0.15) is 0 Å². The lowest BCUT2D eigenvalue weighted by Crippen LogP contribution is -2.39. The van der Waals surface area contributed by atoms with Gasteiger partial charge in [-0.15, -0.1) is 12.4 Å². The van der Waals surface area contributed by atoms with E-state index in [1.807, 2.05) is 13.8 Å². The van der Waals surface area contributed by atoms with Crippen LogP contribution >= 0.6 is 12.4 Å². The number of anilines is 1. The Labute approximate surface area is 125 Å². The number of nitrogens with two attached hydrogens (primary N) is 1. The van der Waals surface area contributed by atoms with Crippen LogP contribution in [0.5, 0.6) is 0 Å². The second kappa shape index (κ2) is 7.91. The third-order valence-corrected chi connectivity index (χ3v) is 2.78. The average molecular weight is 304 g/mol. The highest BCUT2D eigenvalue weighted by Gasteiger charge is 2.19. The Morgan fingerprint density at radius 2 is 2.05 bits per heavy atom. The summed E-state index contributed by atoms with van der Waals surface area (Å²) in [7, 11) is 1.71. The summed E-state index contributed by atoms with van der Waals surface area (Å²) in [5.74, 6) is -0.636. The highest BCUT2D eigenvalue weighted by Crippen LogP contribution is 2.14. The van der Waals surface area contributed by atoms with Crippen molar-refractivity contribution in [2.75, 3.05) is 11.9 Å². The molecule has 0 aliphatic carbocycles. The van der Waals surface area contributed by atoms with E-state index in [9.17, 15) is 9.59 Å². The summed E-state index contributed by atoms with van der Waals surface area (Å²) in [5.41, 5.74) is 6.67. The van der Waals surface area contributed by atoms with Gasteiger partial charge in [-0.3, -0.25) is 4.79 Å². The largest absolute Gasteiger partial charge is 0.461 e. The minimum atomic E-state index is -0.578. The number of rotatable bonds is 5. The predicted molar refractivity (Wildman–Crippen MR) is 80.1 cm³/mol. The number of hydrogen-bond donors (Lipinski definition) is 2. The van der Waals surface area contributed by atoms with E-state index in [1.165, 1.54) is 0 Å². The van der Waals surface area contributed by atoms with Gasteiger partial charge >= 0.3 is 5.97 Å². The molecular weight excluding hydrogens is 282 g/mol. The van der Waals surface area contributed by atoms with Crippen molar-refractivity contribution in [3.8, 4) is 0 Å². The first-order chi connectivity index (χ1) is 8.86. The first kappa shape index (κ1) is 18.5. The third kappa shape index (κ3) is 4.54. The van der Waals surface area contributed by atoms with Crippen molar-refractivity contribution in [1.29, 1.82) is 0 Å². The molecule has 0 saturated carbocycles. The molecule has 0 saturated heterocycles. The van der Waals surface area contributed by atoms with Gasteiger partial charge < -0.3 is 20.4 Å². The van der Waals surface area contributed by atoms with E-state index in [2.05, 4.69) is 5.32 Å². The van der Waals surface area contributed by atoms with Gasteiger partial charge in [0.2, 0.25) is 5.91 Å². The standard InChI is InChI=1S/C13H21N3O3.ClH/c1-5-19-13(18)10-6-9(7-16(10)4)15-12(17)11(14)8(2)3;/h6-8,11H,5,14H2,1-4H3,(H,15,17);1H/t11-;/m0./s1. The zero-order chi connectivity index (χ0) is 14.6. The van der Waals surface area contributed by atoms with Crippen molar-refractivity contribution < 1.29 is 14.3 Å². The molecule has 7 heteroatoms. The average Bonchev–Trinajstić information content (AvgIpc) is 2.69. The van der Waals surface area contributed by atoms with E-state index in [0.29, 0.717) is 18.0 Å². The lowest BCUT2D eigenvalue weighted by molar-refractivity contribution is -0.118. The molecule has 0 aliphatic heterocycles. The Hall–Kier alpha value is -1.53. The SMILES string of the molecule is CCOC(=O)c1cc(NC(=O)[C@@H](N)C(C)C)cn1C.Cl. The molecule has 20 heavy (non-hydrogen) atoms. The monoisotopic (exact) mass is 303 g/mol. The number of nitrogens with one attached hydrogen (secondary N) is 1. The van der Waals surface area contributed by atoms with Crippen molar-refractivity contribution in [3.05, 3.63) is 18.0 Å². The number of carbonyl (C=O) groups is 2. The molecule has 0 fully saturated rings. The minimum absolute atomic E-state index is 0. The first-order valence-electron chi connectivity index (χ1n) is 6.26. The molecular formula is C13H22ClN3O3. The fourth-order valence-corrected chi connectivity index (χ4v) is 1.57. The third-order valence-electron chi connectivity index (χ3n) is 2.78. The smallest absolute Gasteiger partial charge is 0.355 e. The first-order valence-corrected chi connectivity index (χ1v) is 6.26. The number of esters is 1. The number of amides is 1. The van der Waals surface area contributed by atoms with Crippen LogP contribution in [-0.4, -0.2) is 29.1 Å². The van der Waals surface area contributed by atoms with Crippen LogP contribution in [-0.2, 0) is 16.6 Å². The second-order valence-corrected chi connectivity index (χ2v) is 4.70. The maximum atomic E-state index is 11.8. The van der Waals surface area contributed by atoms with E-state index < -0.39 is 12.0 Å². The summed E-state index contributed by atoms with van der Waals surface area (Å²) >= 11 is 0. The maximum Gasteiger partial charge on any atom is 0.355 e. The van der Waals surface area contributed by atoms with Crippen LogP contribution in [0.2, 0.25) is 0 Å². The molecule has 114 valence electrons. The van der Waals surface area contributed by atoms with E-state index >= 15 is 0 Å². The van der Waals surface area contributed by atoms with Gasteiger partial charge in [0.05, 0.1) is 18.3 Å². The summed E-state index contributed by atoms with van der Waals surface area (Å²) in [6.07, 6.45) is 1.65. The van der Waals surface area contributed by atoms with Gasteiger partial charge in [-0.1, -0.05) is 13.8 Å². The normalized spacial score (nSPS) is 11.7. The van der Waals surface area contributed by atoms with Gasteiger partial charge in [-0.05, 0) is 18.9 Å². The fourth-order valence-electron chi connectivity index (χ4n) is 1.57. The molecule has 0 radical (unpaired) electrons. The molecule has 0 bridgehead atoms. The number of hydrogen-bond acceptors (Lipinski definition) is 4. The van der Waals surface area contributed by atoms with Gasteiger partial charge in [0.25, 0.3) is 0 Å². The molecule has 0 spiro atoms. The molecule has 0 aromatic carbocycles. The van der Waals surface area contributed by atoms with Crippen molar-refractivity contribution in [2.24, 2.45) is 18.7 Å². The molecule has 3 N–H and O–H groups in total. The van der Waals surface area contributed by atoms with Crippen molar-refractivity contribution in [3.63, 3.8) is 0 Å². The molecule has 0 aliphatic rings. The fraction of sp³-hybridized carbons (Fsp3) is 0.538. The highest BCUT2D eigenvalue weighted by molar-refractivity contribution is 5.96. The predicted octanol–water partition coefficient (Wildman–Crippen LogP) is 1.55. The second-order valence-electron chi connectivity index (χ2n) is 4.70. The number of aryl methyl sites for hydroxylation is 1. The maximum absolute atomic E-state index is 11.8. The number of nitrogens with zero attached hydrogens (tertiary/aromatic N) is 1. The summed E-state index contributed by atoms with van der Waals surface area (Å²) in [5, 5.41) is 2.69. The van der Waals surface area contributed by atoms with E-state index in [1.54, 1.807) is 30.8 Å². The Balaban J connectivity index is 0.00000361.